The Morgan fingerprint density at radius 1 is 0.759 bits per heavy atom. The number of amides is 2. The summed E-state index contributed by atoms with van der Waals surface area (Å²) in [6.45, 7) is 0.178. The molecule has 0 spiro atoms. The predicted molar refractivity (Wildman–Crippen MR) is 111 cm³/mol. The molecule has 3 aromatic carbocycles. The van der Waals surface area contributed by atoms with Gasteiger partial charge < -0.3 is 0 Å². The number of hydrogen-bond acceptors (Lipinski definition) is 3. The molecule has 1 heterocycles. The second-order valence-electron chi connectivity index (χ2n) is 7.21. The van der Waals surface area contributed by atoms with Gasteiger partial charge in [-0.2, -0.15) is 0 Å². The van der Waals surface area contributed by atoms with Gasteiger partial charge in [0.25, 0.3) is 11.8 Å². The van der Waals surface area contributed by atoms with Gasteiger partial charge in [0.05, 0.1) is 5.92 Å². The van der Waals surface area contributed by atoms with Crippen LogP contribution < -0.4 is 0 Å². The van der Waals surface area contributed by atoms with E-state index in [1.165, 1.54) is 5.56 Å². The largest absolute Gasteiger partial charge is 0.285 e. The first-order valence-electron chi connectivity index (χ1n) is 9.92. The molecule has 0 N–H and O–H groups in total. The highest BCUT2D eigenvalue weighted by atomic mass is 16.7. The van der Waals surface area contributed by atoms with E-state index in [2.05, 4.69) is 12.1 Å². The van der Waals surface area contributed by atoms with Crippen LogP contribution in [0.15, 0.2) is 84.9 Å². The molecule has 4 heteroatoms. The van der Waals surface area contributed by atoms with Crippen LogP contribution in [0.25, 0.3) is 0 Å². The van der Waals surface area contributed by atoms with Gasteiger partial charge in [0.15, 0.2) is 0 Å². The average molecular weight is 385 g/mol. The monoisotopic (exact) mass is 385 g/mol. The van der Waals surface area contributed by atoms with Gasteiger partial charge in [-0.25, -0.2) is 0 Å². The zero-order chi connectivity index (χ0) is 20.1. The summed E-state index contributed by atoms with van der Waals surface area (Å²) in [6.07, 6.45) is 2.42. The van der Waals surface area contributed by atoms with Crippen molar-refractivity contribution in [3.8, 4) is 0 Å². The second-order valence-corrected chi connectivity index (χ2v) is 7.21. The Morgan fingerprint density at radius 2 is 1.38 bits per heavy atom. The summed E-state index contributed by atoms with van der Waals surface area (Å²) in [5.74, 6) is -1.04. The number of rotatable bonds is 7. The molecular formula is C25H23NO3. The van der Waals surface area contributed by atoms with Crippen molar-refractivity contribution in [1.29, 1.82) is 0 Å². The third-order valence-electron chi connectivity index (χ3n) is 5.25. The lowest BCUT2D eigenvalue weighted by atomic mass is 9.85. The maximum absolute atomic E-state index is 13.1. The molecule has 29 heavy (non-hydrogen) atoms. The molecule has 0 radical (unpaired) electrons. The third kappa shape index (κ3) is 4.28. The Bertz CT molecular complexity index is 985. The summed E-state index contributed by atoms with van der Waals surface area (Å²) in [4.78, 5) is 31.7. The van der Waals surface area contributed by atoms with E-state index in [1.54, 1.807) is 6.07 Å². The lowest BCUT2D eigenvalue weighted by Crippen LogP contribution is -2.44. The average Bonchev–Trinajstić information content (AvgIpc) is 2.77. The molecule has 1 unspecified atom stereocenters. The van der Waals surface area contributed by atoms with Gasteiger partial charge in [0, 0.05) is 5.56 Å². The van der Waals surface area contributed by atoms with Crippen molar-refractivity contribution in [1.82, 2.24) is 5.06 Å². The van der Waals surface area contributed by atoms with Crippen LogP contribution in [0.4, 0.5) is 0 Å². The molecule has 4 rings (SSSR count). The molecule has 0 aromatic heterocycles. The summed E-state index contributed by atoms with van der Waals surface area (Å²) >= 11 is 0. The summed E-state index contributed by atoms with van der Waals surface area (Å²) < 4.78 is 0. The SMILES string of the molecule is O=C1c2ccccc2C(CCCc2ccccc2)C(=O)N1OCc1ccccc1. The molecule has 0 aliphatic carbocycles. The van der Waals surface area contributed by atoms with Gasteiger partial charge in [0.2, 0.25) is 0 Å². The van der Waals surface area contributed by atoms with Crippen LogP contribution in [0.2, 0.25) is 0 Å². The highest BCUT2D eigenvalue weighted by molar-refractivity contribution is 6.10. The van der Waals surface area contributed by atoms with Gasteiger partial charge >= 0.3 is 0 Å². The maximum Gasteiger partial charge on any atom is 0.285 e. The molecule has 1 aliphatic heterocycles. The van der Waals surface area contributed by atoms with E-state index in [1.807, 2.05) is 66.7 Å². The van der Waals surface area contributed by atoms with Crippen LogP contribution >= 0.6 is 0 Å². The predicted octanol–water partition coefficient (Wildman–Crippen LogP) is 4.91. The third-order valence-corrected chi connectivity index (χ3v) is 5.25. The number of aryl methyl sites for hydroxylation is 1. The Hall–Kier alpha value is -3.24. The van der Waals surface area contributed by atoms with Gasteiger partial charge in [-0.15, -0.1) is 5.06 Å². The first-order chi connectivity index (χ1) is 14.2. The number of nitrogens with zero attached hydrogens (tertiary/aromatic N) is 1. The van der Waals surface area contributed by atoms with Crippen molar-refractivity contribution in [2.75, 3.05) is 0 Å². The van der Waals surface area contributed by atoms with Crippen LogP contribution in [-0.2, 0) is 22.7 Å². The van der Waals surface area contributed by atoms with Crippen molar-refractivity contribution < 1.29 is 14.4 Å². The Morgan fingerprint density at radius 3 is 2.10 bits per heavy atom. The van der Waals surface area contributed by atoms with Crippen LogP contribution in [-0.4, -0.2) is 16.9 Å². The number of carbonyl (C=O) groups is 2. The molecule has 0 fully saturated rings. The van der Waals surface area contributed by atoms with Gasteiger partial charge in [-0.1, -0.05) is 78.9 Å². The molecule has 0 saturated carbocycles. The molecule has 2 amide bonds. The molecule has 0 saturated heterocycles. The molecule has 1 atom stereocenters. The molecule has 3 aromatic rings. The van der Waals surface area contributed by atoms with Crippen LogP contribution in [0.5, 0.6) is 0 Å². The molecule has 146 valence electrons. The van der Waals surface area contributed by atoms with Crippen molar-refractivity contribution in [2.45, 2.75) is 31.8 Å². The highest BCUT2D eigenvalue weighted by Crippen LogP contribution is 2.33. The van der Waals surface area contributed by atoms with Crippen LogP contribution in [0, 0.1) is 0 Å². The van der Waals surface area contributed by atoms with Gasteiger partial charge in [-0.3, -0.25) is 14.4 Å². The number of carbonyl (C=O) groups excluding carboxylic acids is 2. The minimum atomic E-state index is -0.388. The summed E-state index contributed by atoms with van der Waals surface area (Å²) in [5, 5.41) is 0.961. The fourth-order valence-corrected chi connectivity index (χ4v) is 3.75. The normalized spacial score (nSPS) is 16.0. The van der Waals surface area contributed by atoms with E-state index < -0.39 is 0 Å². The fraction of sp³-hybridized carbons (Fsp3) is 0.200. The van der Waals surface area contributed by atoms with E-state index in [9.17, 15) is 9.59 Å². The second kappa shape index (κ2) is 8.84. The molecular weight excluding hydrogens is 362 g/mol. The van der Waals surface area contributed by atoms with Gasteiger partial charge in [-0.05, 0) is 42.0 Å². The van der Waals surface area contributed by atoms with Crippen molar-refractivity contribution >= 4 is 11.8 Å². The summed E-state index contributed by atoms with van der Waals surface area (Å²) in [6, 6.07) is 27.1. The van der Waals surface area contributed by atoms with Crippen molar-refractivity contribution in [2.24, 2.45) is 0 Å². The molecule has 4 nitrogen and oxygen atoms in total. The quantitative estimate of drug-likeness (QED) is 0.543. The maximum atomic E-state index is 13.1. The zero-order valence-corrected chi connectivity index (χ0v) is 16.2. The summed E-state index contributed by atoms with van der Waals surface area (Å²) in [5.41, 5.74) is 3.50. The standard InChI is InChI=1S/C25H23NO3/c27-24-22-16-8-7-15-21(22)23(17-9-14-19-10-3-1-4-11-19)25(28)26(24)29-18-20-12-5-2-6-13-20/h1-8,10-13,15-16,23H,9,14,17-18H2. The Balaban J connectivity index is 1.51. The minimum Gasteiger partial charge on any atom is -0.271 e. The smallest absolute Gasteiger partial charge is 0.271 e. The van der Waals surface area contributed by atoms with E-state index in [-0.39, 0.29) is 24.3 Å². The van der Waals surface area contributed by atoms with E-state index in [0.717, 1.165) is 29.0 Å². The highest BCUT2D eigenvalue weighted by Gasteiger charge is 2.39. The fourth-order valence-electron chi connectivity index (χ4n) is 3.75. The zero-order valence-electron chi connectivity index (χ0n) is 16.2. The first kappa shape index (κ1) is 19.1. The summed E-state index contributed by atoms with van der Waals surface area (Å²) in [7, 11) is 0. The topological polar surface area (TPSA) is 46.6 Å². The van der Waals surface area contributed by atoms with E-state index in [0.29, 0.717) is 12.0 Å². The Labute approximate surface area is 170 Å². The lowest BCUT2D eigenvalue weighted by Gasteiger charge is -2.31. The Kier molecular flexibility index (Phi) is 5.82. The van der Waals surface area contributed by atoms with Crippen molar-refractivity contribution in [3.05, 3.63) is 107 Å². The first-order valence-corrected chi connectivity index (χ1v) is 9.92. The number of hydrogen-bond donors (Lipinski definition) is 0. The lowest BCUT2D eigenvalue weighted by molar-refractivity contribution is -0.176. The van der Waals surface area contributed by atoms with E-state index in [4.69, 9.17) is 4.84 Å². The minimum absolute atomic E-state index is 0.178. The van der Waals surface area contributed by atoms with Crippen molar-refractivity contribution in [3.63, 3.8) is 0 Å². The number of fused-ring (bicyclic) bond motifs is 1. The molecule has 1 aliphatic rings. The molecule has 0 bridgehead atoms. The van der Waals surface area contributed by atoms with Crippen LogP contribution in [0.1, 0.15) is 45.8 Å². The van der Waals surface area contributed by atoms with E-state index >= 15 is 0 Å². The number of hydroxylamine groups is 2. The number of imide groups is 1. The van der Waals surface area contributed by atoms with Crippen LogP contribution in [0.3, 0.4) is 0 Å². The van der Waals surface area contributed by atoms with Gasteiger partial charge in [0.1, 0.15) is 6.61 Å². The number of benzene rings is 3.